The Morgan fingerprint density at radius 2 is 1.97 bits per heavy atom. The van der Waals surface area contributed by atoms with Crippen molar-refractivity contribution in [1.82, 2.24) is 0 Å². The molecule has 7 atom stereocenters. The number of Topliss-reactive ketones (excluding diaryl/α,β-unsaturated/α-hetero) is 1. The van der Waals surface area contributed by atoms with E-state index in [2.05, 4.69) is 31.4 Å². The van der Waals surface area contributed by atoms with Crippen molar-refractivity contribution < 1.29 is 28.5 Å². The molecule has 3 fully saturated rings. The van der Waals surface area contributed by atoms with Gasteiger partial charge in [0.1, 0.15) is 6.61 Å². The number of ketones is 2. The molecule has 0 aromatic carbocycles. The Balaban J connectivity index is 1.58. The zero-order valence-electron chi connectivity index (χ0n) is 17.3. The quantitative estimate of drug-likeness (QED) is 0.668. The van der Waals surface area contributed by atoms with Gasteiger partial charge in [-0.3, -0.25) is 14.1 Å². The zero-order chi connectivity index (χ0) is 21.2. The van der Waals surface area contributed by atoms with E-state index in [0.717, 1.165) is 32.1 Å². The van der Waals surface area contributed by atoms with E-state index in [-0.39, 0.29) is 28.3 Å². The molecule has 0 radical (unpaired) electrons. The Morgan fingerprint density at radius 3 is 2.66 bits per heavy atom. The minimum atomic E-state index is -4.64. The predicted molar refractivity (Wildman–Crippen MR) is 108 cm³/mol. The molecule has 4 rings (SSSR count). The molecule has 0 saturated heterocycles. The van der Waals surface area contributed by atoms with Crippen LogP contribution in [0.2, 0.25) is 0 Å². The zero-order valence-corrected chi connectivity index (χ0v) is 18.2. The van der Waals surface area contributed by atoms with Gasteiger partial charge in [-0.15, -0.1) is 0 Å². The van der Waals surface area contributed by atoms with Crippen LogP contribution < -0.4 is 0 Å². The van der Waals surface area contributed by atoms with Crippen molar-refractivity contribution in [1.29, 1.82) is 0 Å². The van der Waals surface area contributed by atoms with Crippen LogP contribution in [0.4, 0.5) is 0 Å². The number of carbonyl (C=O) groups excluding carboxylic acids is 2. The minimum absolute atomic E-state index is 0.0833. The smallest absolute Gasteiger partial charge is 0.303 e. The van der Waals surface area contributed by atoms with Crippen LogP contribution in [0.1, 0.15) is 52.9 Å². The summed E-state index contributed by atoms with van der Waals surface area (Å²) in [6.45, 7) is 6.16. The second-order valence-electron chi connectivity index (χ2n) is 10.0. The van der Waals surface area contributed by atoms with Crippen LogP contribution in [0, 0.1) is 40.4 Å². The van der Waals surface area contributed by atoms with Gasteiger partial charge < -0.3 is 9.79 Å². The first-order valence-electron chi connectivity index (χ1n) is 10.6. The minimum Gasteiger partial charge on any atom is -0.303 e. The highest BCUT2D eigenvalue weighted by Crippen LogP contribution is 2.66. The highest BCUT2D eigenvalue weighted by atomic mass is 31.2. The summed E-state index contributed by atoms with van der Waals surface area (Å²) < 4.78 is 15.5. The van der Waals surface area contributed by atoms with Crippen molar-refractivity contribution in [2.45, 2.75) is 52.9 Å². The molecule has 2 N–H and O–H groups in total. The van der Waals surface area contributed by atoms with Crippen molar-refractivity contribution in [3.8, 4) is 0 Å². The molecule has 29 heavy (non-hydrogen) atoms. The lowest BCUT2D eigenvalue weighted by molar-refractivity contribution is -0.132. The van der Waals surface area contributed by atoms with Crippen LogP contribution in [0.5, 0.6) is 0 Å². The van der Waals surface area contributed by atoms with E-state index in [1.807, 2.05) is 6.08 Å². The number of hydrogen-bond acceptors (Lipinski definition) is 4. The molecule has 0 spiro atoms. The van der Waals surface area contributed by atoms with Crippen molar-refractivity contribution >= 4 is 19.4 Å². The summed E-state index contributed by atoms with van der Waals surface area (Å²) >= 11 is 0. The van der Waals surface area contributed by atoms with Crippen LogP contribution in [0.25, 0.3) is 0 Å². The Morgan fingerprint density at radius 1 is 1.24 bits per heavy atom. The molecule has 0 aromatic rings. The first-order chi connectivity index (χ1) is 13.5. The standard InChI is InChI=1S/C22H31O6P/c1-13-10-15-16-4-5-18(20(24)12-28-29(25,26)27)21(16,2)9-7-17(15)22(3)8-6-14(23)11-19(13)22/h6,8,11,13,15-18H,4-5,7,9-10,12H2,1-3H3,(H2,25,26,27)/t13-,15-,16-,17-,18+,21-,22+/m0/s1. The Bertz CT molecular complexity index is 840. The molecule has 0 aromatic heterocycles. The number of carbonyl (C=O) groups is 2. The summed E-state index contributed by atoms with van der Waals surface area (Å²) in [5.74, 6) is 1.40. The maximum absolute atomic E-state index is 12.8. The van der Waals surface area contributed by atoms with Gasteiger partial charge in [-0.2, -0.15) is 0 Å². The maximum Gasteiger partial charge on any atom is 0.470 e. The molecule has 0 amide bonds. The highest BCUT2D eigenvalue weighted by Gasteiger charge is 2.60. The monoisotopic (exact) mass is 422 g/mol. The van der Waals surface area contributed by atoms with Gasteiger partial charge in [-0.25, -0.2) is 4.57 Å². The van der Waals surface area contributed by atoms with Crippen LogP contribution in [-0.4, -0.2) is 28.0 Å². The van der Waals surface area contributed by atoms with E-state index < -0.39 is 14.4 Å². The Hall–Kier alpha value is -1.07. The molecule has 4 aliphatic carbocycles. The normalized spacial score (nSPS) is 44.0. The molecular weight excluding hydrogens is 391 g/mol. The summed E-state index contributed by atoms with van der Waals surface area (Å²) in [5.41, 5.74) is 1.01. The molecule has 0 aliphatic heterocycles. The number of fused-ring (bicyclic) bond motifs is 5. The summed E-state index contributed by atoms with van der Waals surface area (Å²) in [7, 11) is -4.64. The third-order valence-corrected chi connectivity index (χ3v) is 9.11. The van der Waals surface area contributed by atoms with Crippen LogP contribution in [0.15, 0.2) is 23.8 Å². The molecule has 160 valence electrons. The maximum atomic E-state index is 12.8. The molecule has 4 aliphatic rings. The fraction of sp³-hybridized carbons (Fsp3) is 0.727. The van der Waals surface area contributed by atoms with E-state index >= 15 is 0 Å². The topological polar surface area (TPSA) is 101 Å². The average molecular weight is 422 g/mol. The van der Waals surface area contributed by atoms with E-state index in [1.54, 1.807) is 6.08 Å². The van der Waals surface area contributed by atoms with Crippen molar-refractivity contribution in [2.75, 3.05) is 6.61 Å². The number of rotatable bonds is 4. The van der Waals surface area contributed by atoms with Crippen LogP contribution in [-0.2, 0) is 18.7 Å². The van der Waals surface area contributed by atoms with E-state index in [9.17, 15) is 14.2 Å². The number of phosphoric ester groups is 1. The molecule has 6 nitrogen and oxygen atoms in total. The van der Waals surface area contributed by atoms with E-state index in [0.29, 0.717) is 23.7 Å². The van der Waals surface area contributed by atoms with Gasteiger partial charge in [0.15, 0.2) is 11.6 Å². The first kappa shape index (κ1) is 21.2. The fourth-order valence-electron chi connectivity index (χ4n) is 7.39. The molecule has 0 unspecified atom stereocenters. The summed E-state index contributed by atoms with van der Waals surface area (Å²) in [4.78, 5) is 42.7. The Labute approximate surface area is 172 Å². The lowest BCUT2D eigenvalue weighted by Gasteiger charge is -2.58. The first-order valence-corrected chi connectivity index (χ1v) is 12.2. The summed E-state index contributed by atoms with van der Waals surface area (Å²) in [6, 6.07) is 0. The summed E-state index contributed by atoms with van der Waals surface area (Å²) in [5, 5.41) is 0. The van der Waals surface area contributed by atoms with Crippen molar-refractivity contribution in [3.63, 3.8) is 0 Å². The van der Waals surface area contributed by atoms with Gasteiger partial charge in [0, 0.05) is 11.3 Å². The van der Waals surface area contributed by atoms with E-state index in [1.165, 1.54) is 5.57 Å². The van der Waals surface area contributed by atoms with Gasteiger partial charge in [0.05, 0.1) is 0 Å². The molecule has 0 heterocycles. The van der Waals surface area contributed by atoms with Gasteiger partial charge in [-0.1, -0.05) is 32.4 Å². The number of phosphoric acid groups is 1. The Kier molecular flexibility index (Phi) is 5.10. The molecule has 3 saturated carbocycles. The molecular formula is C22H31O6P. The van der Waals surface area contributed by atoms with Crippen molar-refractivity contribution in [3.05, 3.63) is 23.8 Å². The largest absolute Gasteiger partial charge is 0.470 e. The van der Waals surface area contributed by atoms with E-state index in [4.69, 9.17) is 9.79 Å². The van der Waals surface area contributed by atoms with Crippen molar-refractivity contribution in [2.24, 2.45) is 40.4 Å². The lowest BCUT2D eigenvalue weighted by atomic mass is 9.46. The van der Waals surface area contributed by atoms with Gasteiger partial charge in [-0.05, 0) is 73.3 Å². The number of allylic oxidation sites excluding steroid dienone is 4. The second-order valence-corrected chi connectivity index (χ2v) is 11.3. The van der Waals surface area contributed by atoms with Crippen LogP contribution >= 0.6 is 7.82 Å². The number of hydrogen-bond donors (Lipinski definition) is 2. The average Bonchev–Trinajstić information content (AvgIpc) is 2.98. The predicted octanol–water partition coefficient (Wildman–Crippen LogP) is 3.83. The van der Waals surface area contributed by atoms with Gasteiger partial charge >= 0.3 is 7.82 Å². The van der Waals surface area contributed by atoms with Gasteiger partial charge in [0.2, 0.25) is 0 Å². The second kappa shape index (κ2) is 6.98. The lowest BCUT2D eigenvalue weighted by Crippen LogP contribution is -2.52. The van der Waals surface area contributed by atoms with Crippen LogP contribution in [0.3, 0.4) is 0 Å². The fourth-order valence-corrected chi connectivity index (χ4v) is 7.69. The highest BCUT2D eigenvalue weighted by molar-refractivity contribution is 7.46. The van der Waals surface area contributed by atoms with Gasteiger partial charge in [0.25, 0.3) is 0 Å². The third-order valence-electron chi connectivity index (χ3n) is 8.64. The molecule has 7 heteroatoms. The molecule has 0 bridgehead atoms. The SMILES string of the molecule is C[C@H]1C[C@H]2[C@@H]3CC[C@H](C(=O)COP(=O)(O)O)[C@@]3(C)CC[C@@H]2[C@@]2(C)C=CC(=O)C=C12. The third kappa shape index (κ3) is 3.42. The summed E-state index contributed by atoms with van der Waals surface area (Å²) in [6.07, 6.45) is 10.4.